The maximum absolute atomic E-state index is 12.2. The van der Waals surface area contributed by atoms with E-state index < -0.39 is 6.03 Å². The van der Waals surface area contributed by atoms with Gasteiger partial charge < -0.3 is 15.0 Å². The molecule has 116 valence electrons. The number of nitrogens with zero attached hydrogens (tertiary/aromatic N) is 2. The van der Waals surface area contributed by atoms with Crippen molar-refractivity contribution in [2.24, 2.45) is 0 Å². The molecule has 2 aliphatic heterocycles. The second-order valence-corrected chi connectivity index (χ2v) is 5.32. The Kier molecular flexibility index (Phi) is 3.95. The van der Waals surface area contributed by atoms with Crippen molar-refractivity contribution in [2.45, 2.75) is 12.5 Å². The minimum atomic E-state index is -0.505. The molecule has 3 rings (SSSR count). The van der Waals surface area contributed by atoms with Crippen LogP contribution in [0.5, 0.6) is 5.75 Å². The lowest BCUT2D eigenvalue weighted by atomic mass is 10.3. The smallest absolute Gasteiger partial charge is 0.325 e. The van der Waals surface area contributed by atoms with Crippen molar-refractivity contribution < 1.29 is 19.1 Å². The predicted octanol–water partition coefficient (Wildman–Crippen LogP) is 0.218. The van der Waals surface area contributed by atoms with Crippen LogP contribution in [0.3, 0.4) is 0 Å². The first-order valence-electron chi connectivity index (χ1n) is 7.21. The number of hydrogen-bond donors (Lipinski definition) is 1. The molecule has 2 fully saturated rings. The zero-order valence-electron chi connectivity index (χ0n) is 12.0. The van der Waals surface area contributed by atoms with Gasteiger partial charge in [0.05, 0.1) is 13.1 Å². The fourth-order valence-corrected chi connectivity index (χ4v) is 2.59. The van der Waals surface area contributed by atoms with Gasteiger partial charge in [-0.2, -0.15) is 0 Å². The van der Waals surface area contributed by atoms with Gasteiger partial charge in [-0.25, -0.2) is 4.79 Å². The summed E-state index contributed by atoms with van der Waals surface area (Å²) in [6.45, 7) is 0.798. The van der Waals surface area contributed by atoms with Crippen molar-refractivity contribution in [2.75, 3.05) is 26.2 Å². The van der Waals surface area contributed by atoms with E-state index in [1.807, 2.05) is 30.3 Å². The maximum Gasteiger partial charge on any atom is 0.325 e. The van der Waals surface area contributed by atoms with E-state index in [4.69, 9.17) is 4.74 Å². The van der Waals surface area contributed by atoms with E-state index in [1.165, 1.54) is 0 Å². The molecule has 2 aliphatic rings. The van der Waals surface area contributed by atoms with Crippen LogP contribution in [0.15, 0.2) is 30.3 Å². The van der Waals surface area contributed by atoms with Crippen LogP contribution < -0.4 is 10.1 Å². The number of para-hydroxylation sites is 1. The summed E-state index contributed by atoms with van der Waals surface area (Å²) >= 11 is 0. The zero-order valence-corrected chi connectivity index (χ0v) is 12.0. The van der Waals surface area contributed by atoms with Crippen LogP contribution >= 0.6 is 0 Å². The molecule has 2 heterocycles. The molecule has 0 bridgehead atoms. The Balaban J connectivity index is 1.53. The summed E-state index contributed by atoms with van der Waals surface area (Å²) in [5.41, 5.74) is 0. The summed E-state index contributed by atoms with van der Waals surface area (Å²) in [5, 5.41) is 2.40. The summed E-state index contributed by atoms with van der Waals surface area (Å²) < 4.78 is 5.81. The van der Waals surface area contributed by atoms with Crippen LogP contribution in [-0.2, 0) is 9.59 Å². The molecule has 7 heteroatoms. The Bertz CT molecular complexity index is 574. The summed E-state index contributed by atoms with van der Waals surface area (Å²) in [6.07, 6.45) is 0.676. The number of imide groups is 1. The van der Waals surface area contributed by atoms with Crippen LogP contribution in [-0.4, -0.2) is 59.9 Å². The second kappa shape index (κ2) is 6.05. The van der Waals surface area contributed by atoms with Gasteiger partial charge in [0.25, 0.3) is 5.91 Å². The van der Waals surface area contributed by atoms with E-state index in [0.717, 1.165) is 17.1 Å². The van der Waals surface area contributed by atoms with Gasteiger partial charge >= 0.3 is 6.03 Å². The van der Waals surface area contributed by atoms with Gasteiger partial charge in [0.2, 0.25) is 5.91 Å². The van der Waals surface area contributed by atoms with Crippen molar-refractivity contribution in [1.82, 2.24) is 15.1 Å². The van der Waals surface area contributed by atoms with E-state index in [9.17, 15) is 14.4 Å². The fraction of sp³-hybridized carbons (Fsp3) is 0.400. The third-order valence-electron chi connectivity index (χ3n) is 3.77. The lowest BCUT2D eigenvalue weighted by Crippen LogP contribution is -2.42. The molecule has 1 N–H and O–H groups in total. The molecule has 1 aromatic carbocycles. The Hall–Kier alpha value is -2.57. The molecule has 4 amide bonds. The van der Waals surface area contributed by atoms with Crippen molar-refractivity contribution in [3.8, 4) is 5.75 Å². The van der Waals surface area contributed by atoms with Crippen molar-refractivity contribution >= 4 is 17.8 Å². The van der Waals surface area contributed by atoms with Crippen molar-refractivity contribution in [1.29, 1.82) is 0 Å². The fourth-order valence-electron chi connectivity index (χ4n) is 2.59. The third kappa shape index (κ3) is 3.03. The van der Waals surface area contributed by atoms with Gasteiger partial charge in [-0.3, -0.25) is 14.5 Å². The summed E-state index contributed by atoms with van der Waals surface area (Å²) in [6, 6.07) is 8.94. The third-order valence-corrected chi connectivity index (χ3v) is 3.77. The molecule has 22 heavy (non-hydrogen) atoms. The van der Waals surface area contributed by atoms with E-state index >= 15 is 0 Å². The van der Waals surface area contributed by atoms with Crippen LogP contribution in [0.4, 0.5) is 4.79 Å². The molecule has 7 nitrogen and oxygen atoms in total. The second-order valence-electron chi connectivity index (χ2n) is 5.32. The highest BCUT2D eigenvalue weighted by Crippen LogP contribution is 2.18. The Labute approximate surface area is 127 Å². The highest BCUT2D eigenvalue weighted by atomic mass is 16.5. The Morgan fingerprint density at radius 3 is 2.73 bits per heavy atom. The highest BCUT2D eigenvalue weighted by molar-refractivity contribution is 6.04. The number of carbonyl (C=O) groups is 3. The number of hydrogen-bond acceptors (Lipinski definition) is 4. The molecule has 0 radical (unpaired) electrons. The molecular formula is C15H17N3O4. The molecule has 2 saturated heterocycles. The molecule has 1 atom stereocenters. The number of nitrogens with one attached hydrogen (secondary N) is 1. The average molecular weight is 303 g/mol. The summed E-state index contributed by atoms with van der Waals surface area (Å²) in [7, 11) is 0. The van der Waals surface area contributed by atoms with E-state index in [2.05, 4.69) is 5.32 Å². The normalized spacial score (nSPS) is 21.2. The lowest BCUT2D eigenvalue weighted by molar-refractivity contribution is -0.135. The van der Waals surface area contributed by atoms with E-state index in [-0.39, 0.29) is 31.0 Å². The molecule has 0 aliphatic carbocycles. The van der Waals surface area contributed by atoms with Crippen LogP contribution in [0, 0.1) is 0 Å². The standard InChI is InChI=1S/C15H17N3O4/c19-13-8-16-15(21)18(13)10-14(20)17-7-6-12(9-17)22-11-4-2-1-3-5-11/h1-5,12H,6-10H2,(H,16,21)/t12-/m1/s1. The number of carbonyl (C=O) groups excluding carboxylic acids is 3. The molecule has 0 spiro atoms. The first-order chi connectivity index (χ1) is 10.6. The number of amides is 4. The first kappa shape index (κ1) is 14.4. The van der Waals surface area contributed by atoms with Gasteiger partial charge in [0, 0.05) is 13.0 Å². The quantitative estimate of drug-likeness (QED) is 0.807. The van der Waals surface area contributed by atoms with E-state index in [0.29, 0.717) is 13.1 Å². The zero-order chi connectivity index (χ0) is 15.5. The SMILES string of the molecule is O=C(CN1C(=O)CNC1=O)N1CC[C@@H](Oc2ccccc2)C1. The topological polar surface area (TPSA) is 79.0 Å². The highest BCUT2D eigenvalue weighted by Gasteiger charge is 2.34. The van der Waals surface area contributed by atoms with E-state index in [1.54, 1.807) is 4.90 Å². The summed E-state index contributed by atoms with van der Waals surface area (Å²) in [5.74, 6) is 0.176. The van der Waals surface area contributed by atoms with Gasteiger partial charge in [-0.15, -0.1) is 0 Å². The minimum Gasteiger partial charge on any atom is -0.489 e. The number of rotatable bonds is 4. The average Bonchev–Trinajstić information content (AvgIpc) is 3.10. The van der Waals surface area contributed by atoms with Gasteiger partial charge in [-0.1, -0.05) is 18.2 Å². The number of benzene rings is 1. The van der Waals surface area contributed by atoms with Gasteiger partial charge in [-0.05, 0) is 12.1 Å². The maximum atomic E-state index is 12.2. The molecular weight excluding hydrogens is 286 g/mol. The van der Waals surface area contributed by atoms with Crippen molar-refractivity contribution in [3.05, 3.63) is 30.3 Å². The molecule has 0 aromatic heterocycles. The molecule has 0 saturated carbocycles. The largest absolute Gasteiger partial charge is 0.489 e. The number of likely N-dealkylation sites (tertiary alicyclic amines) is 1. The minimum absolute atomic E-state index is 0.0359. The van der Waals surface area contributed by atoms with Crippen LogP contribution in [0.25, 0.3) is 0 Å². The van der Waals surface area contributed by atoms with Gasteiger partial charge in [0.1, 0.15) is 18.4 Å². The monoisotopic (exact) mass is 303 g/mol. The Morgan fingerprint density at radius 2 is 2.05 bits per heavy atom. The van der Waals surface area contributed by atoms with Crippen LogP contribution in [0.2, 0.25) is 0 Å². The lowest BCUT2D eigenvalue weighted by Gasteiger charge is -2.19. The Morgan fingerprint density at radius 1 is 1.27 bits per heavy atom. The van der Waals surface area contributed by atoms with Crippen molar-refractivity contribution in [3.63, 3.8) is 0 Å². The number of ether oxygens (including phenoxy) is 1. The first-order valence-corrected chi connectivity index (χ1v) is 7.21. The predicted molar refractivity (Wildman–Crippen MR) is 77.2 cm³/mol. The summed E-state index contributed by atoms with van der Waals surface area (Å²) in [4.78, 5) is 37.7. The van der Waals surface area contributed by atoms with Crippen LogP contribution in [0.1, 0.15) is 6.42 Å². The molecule has 0 unspecified atom stereocenters. The van der Waals surface area contributed by atoms with Gasteiger partial charge in [0.15, 0.2) is 0 Å². The number of urea groups is 1. The molecule has 1 aromatic rings.